The summed E-state index contributed by atoms with van der Waals surface area (Å²) in [5.41, 5.74) is 3.81. The van der Waals surface area contributed by atoms with Gasteiger partial charge < -0.3 is 15.8 Å². The van der Waals surface area contributed by atoms with Gasteiger partial charge in [-0.3, -0.25) is 9.59 Å². The van der Waals surface area contributed by atoms with Crippen molar-refractivity contribution >= 4 is 17.7 Å². The molecule has 1 aliphatic rings. The van der Waals surface area contributed by atoms with E-state index in [0.717, 1.165) is 7.11 Å². The van der Waals surface area contributed by atoms with Crippen LogP contribution < -0.4 is 11.1 Å². The number of amides is 1. The molecule has 0 saturated carbocycles. The number of halogens is 3. The van der Waals surface area contributed by atoms with Crippen LogP contribution in [0.5, 0.6) is 0 Å². The lowest BCUT2D eigenvalue weighted by Gasteiger charge is -2.38. The lowest BCUT2D eigenvalue weighted by molar-refractivity contribution is -0.195. The fraction of sp³-hybridized carbons (Fsp3) is 0.538. The molecule has 1 aromatic rings. The Morgan fingerprint density at radius 2 is 2.26 bits per heavy atom. The van der Waals surface area contributed by atoms with E-state index in [1.807, 2.05) is 0 Å². The number of nitrogens with zero attached hydrogens (tertiary/aromatic N) is 2. The molecule has 1 amide bonds. The maximum Gasteiger partial charge on any atom is 0.393 e. The molecule has 1 unspecified atom stereocenters. The minimum Gasteiger partial charge on any atom is -0.468 e. The van der Waals surface area contributed by atoms with Crippen LogP contribution in [-0.4, -0.2) is 41.9 Å². The molecular weight excluding hydrogens is 317 g/mol. The molecule has 0 bridgehead atoms. The summed E-state index contributed by atoms with van der Waals surface area (Å²) in [7, 11) is 1.02. The second kappa shape index (κ2) is 6.01. The quantitative estimate of drug-likeness (QED) is 0.615. The molecule has 3 N–H and O–H groups in total. The molecular formula is C13H15F3N4O3. The number of ether oxygens (including phenoxy) is 1. The molecule has 10 heteroatoms. The molecule has 2 atom stereocenters. The predicted octanol–water partition coefficient (Wildman–Crippen LogP) is 0.459. The number of nitrogen functional groups attached to an aromatic ring is 1. The lowest BCUT2D eigenvalue weighted by atomic mass is 9.71. The third-order valence-electron chi connectivity index (χ3n) is 3.81. The summed E-state index contributed by atoms with van der Waals surface area (Å²) in [6, 6.07) is 1.35. The molecule has 0 spiro atoms. The summed E-state index contributed by atoms with van der Waals surface area (Å²) in [6.45, 7) is -0.572. The Morgan fingerprint density at radius 3 is 2.83 bits per heavy atom. The van der Waals surface area contributed by atoms with E-state index in [1.54, 1.807) is 0 Å². The van der Waals surface area contributed by atoms with Crippen LogP contribution >= 0.6 is 0 Å². The molecule has 1 aliphatic heterocycles. The Hall–Kier alpha value is -2.39. The zero-order chi connectivity index (χ0) is 17.3. The molecule has 0 aliphatic carbocycles. The number of carbonyl (C=O) groups is 2. The van der Waals surface area contributed by atoms with Crippen LogP contribution in [0, 0.1) is 11.3 Å². The second-order valence-corrected chi connectivity index (χ2v) is 5.39. The van der Waals surface area contributed by atoms with E-state index in [2.05, 4.69) is 20.3 Å². The topological polar surface area (TPSA) is 107 Å². The Bertz CT molecular complexity index is 613. The van der Waals surface area contributed by atoms with Crippen LogP contribution in [0.15, 0.2) is 12.3 Å². The van der Waals surface area contributed by atoms with Gasteiger partial charge in [-0.05, 0) is 24.5 Å². The third-order valence-corrected chi connectivity index (χ3v) is 3.81. The van der Waals surface area contributed by atoms with E-state index in [4.69, 9.17) is 5.73 Å². The summed E-state index contributed by atoms with van der Waals surface area (Å²) in [5, 5.41) is 9.26. The summed E-state index contributed by atoms with van der Waals surface area (Å²) < 4.78 is 43.7. The number of methoxy groups -OCH3 is 1. The highest BCUT2D eigenvalue weighted by Crippen LogP contribution is 2.41. The minimum atomic E-state index is -4.54. The molecule has 2 heterocycles. The standard InChI is InChI=1S/C13H15F3N4O3/c1-23-11(22)12(3-7-2-9(17)20-19-5-7)4-8(13(14,15)16)6-18-10(12)21/h2,5,8H,3-4,6H2,1H3,(H2,17,20)(H,18,21)/t8-,12?/m0/s1. The highest BCUT2D eigenvalue weighted by Gasteiger charge is 2.56. The van der Waals surface area contributed by atoms with Crippen LogP contribution in [-0.2, 0) is 20.7 Å². The predicted molar refractivity (Wildman–Crippen MR) is 71.8 cm³/mol. The zero-order valence-electron chi connectivity index (χ0n) is 12.2. The zero-order valence-corrected chi connectivity index (χ0v) is 12.2. The molecule has 1 fully saturated rings. The number of hydrogen-bond acceptors (Lipinski definition) is 6. The first-order valence-electron chi connectivity index (χ1n) is 6.69. The Balaban J connectivity index is 2.41. The molecule has 1 saturated heterocycles. The summed E-state index contributed by atoms with van der Waals surface area (Å²) in [5.74, 6) is -3.64. The van der Waals surface area contributed by atoms with Crippen molar-refractivity contribution in [3.05, 3.63) is 17.8 Å². The van der Waals surface area contributed by atoms with Gasteiger partial charge >= 0.3 is 12.1 Å². The summed E-state index contributed by atoms with van der Waals surface area (Å²) >= 11 is 0. The van der Waals surface area contributed by atoms with Crippen LogP contribution in [0.1, 0.15) is 12.0 Å². The van der Waals surface area contributed by atoms with Gasteiger partial charge in [-0.2, -0.15) is 18.3 Å². The molecule has 0 radical (unpaired) electrons. The number of hydrogen-bond donors (Lipinski definition) is 2. The van der Waals surface area contributed by atoms with Gasteiger partial charge in [-0.25, -0.2) is 0 Å². The number of rotatable bonds is 3. The van der Waals surface area contributed by atoms with Crippen molar-refractivity contribution < 1.29 is 27.5 Å². The maximum atomic E-state index is 13.0. The van der Waals surface area contributed by atoms with Crippen molar-refractivity contribution in [3.63, 3.8) is 0 Å². The second-order valence-electron chi connectivity index (χ2n) is 5.39. The maximum absolute atomic E-state index is 13.0. The number of carbonyl (C=O) groups excluding carboxylic acids is 2. The van der Waals surface area contributed by atoms with E-state index in [-0.39, 0.29) is 12.2 Å². The molecule has 7 nitrogen and oxygen atoms in total. The van der Waals surface area contributed by atoms with Gasteiger partial charge in [0.15, 0.2) is 5.41 Å². The first-order valence-corrected chi connectivity index (χ1v) is 6.69. The highest BCUT2D eigenvalue weighted by molar-refractivity contribution is 6.03. The van der Waals surface area contributed by atoms with Crippen molar-refractivity contribution in [3.8, 4) is 0 Å². The van der Waals surface area contributed by atoms with E-state index in [0.29, 0.717) is 5.56 Å². The number of nitrogens with two attached hydrogens (primary N) is 1. The summed E-state index contributed by atoms with van der Waals surface area (Å²) in [4.78, 5) is 24.4. The van der Waals surface area contributed by atoms with Crippen molar-refractivity contribution in [1.82, 2.24) is 15.5 Å². The van der Waals surface area contributed by atoms with E-state index >= 15 is 0 Å². The first-order chi connectivity index (χ1) is 10.7. The van der Waals surface area contributed by atoms with E-state index in [1.165, 1.54) is 12.3 Å². The summed E-state index contributed by atoms with van der Waals surface area (Å²) in [6.07, 6.45) is -4.30. The molecule has 126 valence electrons. The number of piperidine rings is 1. The van der Waals surface area contributed by atoms with E-state index < -0.39 is 42.4 Å². The normalized spacial score (nSPS) is 24.9. The van der Waals surface area contributed by atoms with Crippen molar-refractivity contribution in [1.29, 1.82) is 0 Å². The monoisotopic (exact) mass is 332 g/mol. The van der Waals surface area contributed by atoms with Gasteiger partial charge in [0.05, 0.1) is 19.2 Å². The Labute approximate surface area is 129 Å². The lowest BCUT2D eigenvalue weighted by Crippen LogP contribution is -2.57. The fourth-order valence-corrected chi connectivity index (χ4v) is 2.67. The molecule has 0 aromatic carbocycles. The first kappa shape index (κ1) is 17.0. The highest BCUT2D eigenvalue weighted by atomic mass is 19.4. The number of alkyl halides is 3. The van der Waals surface area contributed by atoms with Gasteiger partial charge in [-0.1, -0.05) is 0 Å². The molecule has 2 rings (SSSR count). The van der Waals surface area contributed by atoms with E-state index in [9.17, 15) is 22.8 Å². The number of nitrogens with one attached hydrogen (secondary N) is 1. The Morgan fingerprint density at radius 1 is 1.57 bits per heavy atom. The van der Waals surface area contributed by atoms with Crippen molar-refractivity contribution in [2.24, 2.45) is 11.3 Å². The van der Waals surface area contributed by atoms with Crippen molar-refractivity contribution in [2.75, 3.05) is 19.4 Å². The number of anilines is 1. The third kappa shape index (κ3) is 3.35. The SMILES string of the molecule is COC(=O)C1(Cc2cnnc(N)c2)C[C@H](C(F)(F)F)CNC1=O. The van der Waals surface area contributed by atoms with Gasteiger partial charge in [0.2, 0.25) is 5.91 Å². The fourth-order valence-electron chi connectivity index (χ4n) is 2.67. The van der Waals surface area contributed by atoms with Crippen molar-refractivity contribution in [2.45, 2.75) is 19.0 Å². The average molecular weight is 332 g/mol. The molecule has 23 heavy (non-hydrogen) atoms. The smallest absolute Gasteiger partial charge is 0.393 e. The number of aromatic nitrogens is 2. The van der Waals surface area contributed by atoms with Gasteiger partial charge in [0.1, 0.15) is 5.82 Å². The minimum absolute atomic E-state index is 0.0334. The van der Waals surface area contributed by atoms with Crippen LogP contribution in [0.4, 0.5) is 19.0 Å². The van der Waals surface area contributed by atoms with Crippen LogP contribution in [0.25, 0.3) is 0 Å². The number of esters is 1. The van der Waals surface area contributed by atoms with Crippen LogP contribution in [0.3, 0.4) is 0 Å². The van der Waals surface area contributed by atoms with Crippen LogP contribution in [0.2, 0.25) is 0 Å². The Kier molecular flexibility index (Phi) is 4.44. The largest absolute Gasteiger partial charge is 0.468 e. The van der Waals surface area contributed by atoms with Gasteiger partial charge in [0.25, 0.3) is 0 Å². The van der Waals surface area contributed by atoms with Gasteiger partial charge in [0, 0.05) is 6.54 Å². The average Bonchev–Trinajstić information content (AvgIpc) is 2.47. The van der Waals surface area contributed by atoms with Gasteiger partial charge in [-0.15, -0.1) is 5.10 Å². The molecule has 1 aromatic heterocycles.